The van der Waals surface area contributed by atoms with Gasteiger partial charge in [-0.2, -0.15) is 44.6 Å². The fourth-order valence-electron chi connectivity index (χ4n) is 15.2. The molecule has 6 aliphatic carbocycles. The summed E-state index contributed by atoms with van der Waals surface area (Å²) in [5.74, 6) is 7.51. The summed E-state index contributed by atoms with van der Waals surface area (Å²) < 4.78 is 40.4. The third kappa shape index (κ3) is 14.7. The average molecular weight is 1240 g/mol. The number of Topliss-reactive ketones (excluding diaryl/α,β-unsaturated/α-hetero) is 3. The minimum Gasteiger partial charge on any atom is -0.444 e. The number of β-amino-alcohol motifs (C(OH)–C–C–N with tert-alkyl or cyclic N) is 3. The van der Waals surface area contributed by atoms with Crippen molar-refractivity contribution in [3.8, 4) is 0 Å². The molecule has 0 radical (unpaired) electrons. The van der Waals surface area contributed by atoms with Crippen LogP contribution < -0.4 is 5.32 Å². The normalized spacial score (nSPS) is 34.2. The Balaban J connectivity index is 0.000000182. The van der Waals surface area contributed by atoms with Gasteiger partial charge < -0.3 is 39.9 Å². The number of thioether (sulfide) groups is 2. The topological polar surface area (TPSA) is 226 Å². The van der Waals surface area contributed by atoms with Crippen LogP contribution in [0, 0.1) is 57.2 Å². The van der Waals surface area contributed by atoms with Crippen molar-refractivity contribution in [2.75, 3.05) is 55.0 Å². The van der Waals surface area contributed by atoms with E-state index < -0.39 is 45.7 Å². The molecule has 2 amide bonds. The van der Waals surface area contributed by atoms with Gasteiger partial charge in [0.15, 0.2) is 0 Å². The number of hydrogen-bond acceptors (Lipinski definition) is 17. The second-order valence-electron chi connectivity index (χ2n) is 29.1. The van der Waals surface area contributed by atoms with Gasteiger partial charge in [0.1, 0.15) is 28.6 Å². The lowest BCUT2D eigenvalue weighted by Crippen LogP contribution is -2.42. The molecule has 16 nitrogen and oxygen atoms in total. The molecule has 83 heavy (non-hydrogen) atoms. The number of aryl methyl sites for hydroxylation is 1. The van der Waals surface area contributed by atoms with Crippen molar-refractivity contribution >= 4 is 75.8 Å². The molecular formula is C63H103N3O13S4. The number of aliphatic hydroxyl groups excluding tert-OH is 3. The number of carbonyl (C=O) groups is 5. The number of benzene rings is 1. The highest BCUT2D eigenvalue weighted by molar-refractivity contribution is 7.99. The van der Waals surface area contributed by atoms with E-state index in [0.717, 1.165) is 92.2 Å². The van der Waals surface area contributed by atoms with Crippen LogP contribution in [-0.4, -0.2) is 166 Å². The molecule has 472 valence electrons. The lowest BCUT2D eigenvalue weighted by atomic mass is 9.70. The van der Waals surface area contributed by atoms with Gasteiger partial charge in [-0.3, -0.25) is 18.6 Å². The number of aliphatic hydroxyl groups is 3. The van der Waals surface area contributed by atoms with Gasteiger partial charge in [-0.15, -0.1) is 0 Å². The van der Waals surface area contributed by atoms with E-state index in [1.807, 2.05) is 39.5 Å². The van der Waals surface area contributed by atoms with Gasteiger partial charge in [-0.25, -0.2) is 9.59 Å². The van der Waals surface area contributed by atoms with Crippen LogP contribution in [0.3, 0.4) is 0 Å². The zero-order chi connectivity index (χ0) is 60.8. The molecule has 9 fully saturated rings. The predicted octanol–water partition coefficient (Wildman–Crippen LogP) is 10.3. The largest absolute Gasteiger partial charge is 0.444 e. The average Bonchev–Trinajstić information content (AvgIpc) is 4.22. The van der Waals surface area contributed by atoms with E-state index in [9.17, 15) is 47.7 Å². The Morgan fingerprint density at radius 1 is 0.651 bits per heavy atom. The first-order chi connectivity index (χ1) is 37.9. The van der Waals surface area contributed by atoms with Crippen LogP contribution in [0.4, 0.5) is 9.59 Å². The number of ether oxygens (including phenoxy) is 2. The van der Waals surface area contributed by atoms with Crippen LogP contribution in [0.25, 0.3) is 0 Å². The number of rotatable bonds is 13. The Morgan fingerprint density at radius 2 is 1.06 bits per heavy atom. The maximum atomic E-state index is 12.6. The van der Waals surface area contributed by atoms with Gasteiger partial charge in [0.05, 0.1) is 48.9 Å². The van der Waals surface area contributed by atoms with Crippen molar-refractivity contribution in [3.05, 3.63) is 29.8 Å². The lowest BCUT2D eigenvalue weighted by Gasteiger charge is -2.37. The molecule has 4 N–H and O–H groups in total. The Kier molecular flexibility index (Phi) is 22.1. The number of nitrogens with one attached hydrogen (secondary N) is 1. The molecule has 3 saturated heterocycles. The highest BCUT2D eigenvalue weighted by Crippen LogP contribution is 2.66. The predicted molar refractivity (Wildman–Crippen MR) is 332 cm³/mol. The van der Waals surface area contributed by atoms with Crippen molar-refractivity contribution in [2.45, 2.75) is 227 Å². The van der Waals surface area contributed by atoms with Gasteiger partial charge >= 0.3 is 12.2 Å². The van der Waals surface area contributed by atoms with E-state index in [0.29, 0.717) is 54.1 Å². The summed E-state index contributed by atoms with van der Waals surface area (Å²) in [6.07, 6.45) is 8.50. The molecule has 0 spiro atoms. The van der Waals surface area contributed by atoms with Crippen molar-refractivity contribution in [3.63, 3.8) is 0 Å². The SMILES string of the molecule is C.CC(C)(C)OC(=O)N1C[C@H](O)C[C@H]1CSC[C@]12CCC(CC1=O)C2(C)C.CC1(C)C2CCC1(CS)C(=O)C2.CC1(C)C2CC[C@@]1(CSC[C@@H]1C[C@@H](O)CN1)C(=O)C2.Cc1ccc(S(=O)(=O)OC[C@@H]2C[C@@H](O)CN2C(=O)OC(C)(C)C)cc1. The first-order valence-corrected chi connectivity index (χ1v) is 34.4. The van der Waals surface area contributed by atoms with Gasteiger partial charge in [0.2, 0.25) is 0 Å². The molecule has 6 bridgehead atoms. The standard InChI is InChI=1S/C20H33NO4S.C17H25NO6S.C15H25NO2S.C10H16OS.CH4/c1-18(2,3)25-17(24)21-10-15(22)9-14(21)11-26-12-20-7-6-13(8-16(20)23)19(20,4)5;1-12-5-7-15(8-6-12)25(21,22)23-11-13-9-14(19)10-18(13)16(20)24-17(2,3)4;1-14(2)10-3-4-15(14,13(18)5-10)9-19-8-11-6-12(17)7-16-11;1-9(2)7-3-4-10(9,6-12)8(11)5-7;/h13-15,22H,6-12H2,1-5H3;5-8,13-14,19H,9-11H2,1-4H3;10-12,16-17H,3-9H2,1-2H3;7,12H,3-6H2,1-2H3;1H4/t13?,14-,15+,20+;13-,14+;10?,11-,12+,15+;;/m000../s1. The zero-order valence-electron chi connectivity index (χ0n) is 51.3. The third-order valence-electron chi connectivity index (χ3n) is 21.0. The van der Waals surface area contributed by atoms with Crippen LogP contribution in [0.15, 0.2) is 29.2 Å². The molecule has 9 aliphatic rings. The van der Waals surface area contributed by atoms with Crippen molar-refractivity contribution in [1.29, 1.82) is 0 Å². The van der Waals surface area contributed by atoms with E-state index in [1.165, 1.54) is 29.9 Å². The molecular weight excluding hydrogens is 1130 g/mol. The summed E-state index contributed by atoms with van der Waals surface area (Å²) in [6, 6.07) is 6.14. The summed E-state index contributed by atoms with van der Waals surface area (Å²) in [5.41, 5.74) is -0.113. The van der Waals surface area contributed by atoms with Crippen LogP contribution in [-0.2, 0) is 38.2 Å². The van der Waals surface area contributed by atoms with E-state index in [-0.39, 0.29) is 82.6 Å². The molecule has 6 saturated carbocycles. The Hall–Kier alpha value is -2.43. The van der Waals surface area contributed by atoms with E-state index in [1.54, 1.807) is 49.6 Å². The third-order valence-corrected chi connectivity index (χ3v) is 25.5. The number of ketones is 3. The van der Waals surface area contributed by atoms with Crippen molar-refractivity contribution < 1.29 is 61.4 Å². The molecule has 10 rings (SSSR count). The van der Waals surface area contributed by atoms with Crippen LogP contribution >= 0.6 is 36.2 Å². The molecule has 12 atom stereocenters. The van der Waals surface area contributed by atoms with Gasteiger partial charge in [0, 0.05) is 82.9 Å². The van der Waals surface area contributed by atoms with E-state index >= 15 is 0 Å². The van der Waals surface area contributed by atoms with Crippen molar-refractivity contribution in [2.24, 2.45) is 50.2 Å². The van der Waals surface area contributed by atoms with Crippen LogP contribution in [0.2, 0.25) is 0 Å². The molecule has 1 aromatic carbocycles. The zero-order valence-corrected chi connectivity index (χ0v) is 54.7. The Morgan fingerprint density at radius 3 is 1.42 bits per heavy atom. The van der Waals surface area contributed by atoms with Crippen molar-refractivity contribution in [1.82, 2.24) is 15.1 Å². The fourth-order valence-corrected chi connectivity index (χ4v) is 20.3. The number of fused-ring (bicyclic) bond motifs is 6. The van der Waals surface area contributed by atoms with Gasteiger partial charge in [-0.1, -0.05) is 66.7 Å². The number of hydrogen-bond donors (Lipinski definition) is 5. The van der Waals surface area contributed by atoms with E-state index in [2.05, 4.69) is 59.5 Å². The fraction of sp³-hybridized carbons (Fsp3) is 0.825. The maximum Gasteiger partial charge on any atom is 0.410 e. The highest BCUT2D eigenvalue weighted by Gasteiger charge is 2.66. The number of nitrogens with zero attached hydrogens (tertiary/aromatic N) is 2. The van der Waals surface area contributed by atoms with Crippen LogP contribution in [0.1, 0.15) is 173 Å². The van der Waals surface area contributed by atoms with Gasteiger partial charge in [-0.05, 0) is 152 Å². The number of carbonyl (C=O) groups excluding carboxylic acids is 5. The Bertz CT molecular complexity index is 2580. The minimum absolute atomic E-state index is 0. The summed E-state index contributed by atoms with van der Waals surface area (Å²) in [4.78, 5) is 64.5. The Labute approximate surface area is 511 Å². The summed E-state index contributed by atoms with van der Waals surface area (Å²) in [6.45, 7) is 27.1. The molecule has 1 aromatic rings. The quantitative estimate of drug-likeness (QED) is 0.0914. The van der Waals surface area contributed by atoms with Gasteiger partial charge in [0.25, 0.3) is 10.1 Å². The monoisotopic (exact) mass is 1240 g/mol. The summed E-state index contributed by atoms with van der Waals surface area (Å²) in [7, 11) is -3.93. The molecule has 3 heterocycles. The molecule has 4 unspecified atom stereocenters. The number of likely N-dealkylation sites (tertiary alicyclic amines) is 2. The minimum atomic E-state index is -3.93. The number of amides is 2. The second-order valence-corrected chi connectivity index (χ2v) is 33.1. The lowest BCUT2D eigenvalue weighted by molar-refractivity contribution is -0.128. The highest BCUT2D eigenvalue weighted by atomic mass is 32.2. The van der Waals surface area contributed by atoms with Crippen LogP contribution in [0.5, 0.6) is 0 Å². The summed E-state index contributed by atoms with van der Waals surface area (Å²) in [5, 5.41) is 32.7. The van der Waals surface area contributed by atoms with E-state index in [4.69, 9.17) is 13.7 Å². The number of thiol groups is 1. The first-order valence-electron chi connectivity index (χ1n) is 30.0. The summed E-state index contributed by atoms with van der Waals surface area (Å²) >= 11 is 8.04. The smallest absolute Gasteiger partial charge is 0.410 e. The molecule has 0 aromatic heterocycles. The first kappa shape index (κ1) is 69.7. The second kappa shape index (κ2) is 26.3. The molecule has 3 aliphatic heterocycles. The molecule has 20 heteroatoms. The maximum absolute atomic E-state index is 12.6.